The molecule has 0 unspecified atom stereocenters. The highest BCUT2D eigenvalue weighted by Crippen LogP contribution is 2.34. The van der Waals surface area contributed by atoms with Crippen LogP contribution in [0, 0.1) is 0 Å². The molecule has 0 radical (unpaired) electrons. The van der Waals surface area contributed by atoms with Gasteiger partial charge in [-0.3, -0.25) is 5.32 Å². The number of nitrogens with one attached hydrogen (secondary N) is 2. The van der Waals surface area contributed by atoms with Crippen molar-refractivity contribution in [3.05, 3.63) is 30.5 Å². The van der Waals surface area contributed by atoms with Crippen LogP contribution in [-0.4, -0.2) is 18.0 Å². The van der Waals surface area contributed by atoms with E-state index in [1.54, 1.807) is 24.3 Å². The Morgan fingerprint density at radius 2 is 2.06 bits per heavy atom. The first kappa shape index (κ1) is 10.5. The van der Waals surface area contributed by atoms with E-state index in [0.717, 1.165) is 0 Å². The minimum atomic E-state index is -0.414. The van der Waals surface area contributed by atoms with E-state index in [1.807, 2.05) is 0 Å². The van der Waals surface area contributed by atoms with Crippen LogP contribution in [0.1, 0.15) is 0 Å². The van der Waals surface area contributed by atoms with Crippen LogP contribution in [0.4, 0.5) is 16.3 Å². The van der Waals surface area contributed by atoms with Gasteiger partial charge < -0.3 is 19.3 Å². The van der Waals surface area contributed by atoms with Crippen molar-refractivity contribution < 1.29 is 18.8 Å². The van der Waals surface area contributed by atoms with Gasteiger partial charge in [0, 0.05) is 17.8 Å². The monoisotopic (exact) mass is 247 g/mol. The molecule has 0 saturated carbocycles. The number of ether oxygens (including phenoxy) is 2. The van der Waals surface area contributed by atoms with Gasteiger partial charge >= 0.3 is 6.03 Å². The average Bonchev–Trinajstić information content (AvgIpc) is 2.98. The first-order valence-corrected chi connectivity index (χ1v) is 5.19. The van der Waals surface area contributed by atoms with Crippen LogP contribution < -0.4 is 20.1 Å². The van der Waals surface area contributed by atoms with Crippen molar-refractivity contribution in [2.75, 3.05) is 17.4 Å². The highest BCUT2D eigenvalue weighted by molar-refractivity contribution is 5.99. The van der Waals surface area contributed by atoms with Crippen molar-refractivity contribution in [2.24, 2.45) is 0 Å². The molecule has 18 heavy (non-hydrogen) atoms. The number of aromatic nitrogens is 1. The van der Waals surface area contributed by atoms with Crippen molar-refractivity contribution in [1.29, 1.82) is 0 Å². The van der Waals surface area contributed by atoms with Gasteiger partial charge in [-0.1, -0.05) is 5.16 Å². The van der Waals surface area contributed by atoms with Crippen LogP contribution >= 0.6 is 0 Å². The Kier molecular flexibility index (Phi) is 2.49. The summed E-state index contributed by atoms with van der Waals surface area (Å²) in [7, 11) is 0. The number of fused-ring (bicyclic) bond motifs is 1. The Hall–Kier alpha value is -2.70. The van der Waals surface area contributed by atoms with Gasteiger partial charge in [0.05, 0.1) is 0 Å². The molecule has 1 aromatic carbocycles. The summed E-state index contributed by atoms with van der Waals surface area (Å²) in [6, 6.07) is 6.26. The molecule has 0 saturated heterocycles. The molecule has 2 aromatic rings. The topological polar surface area (TPSA) is 85.6 Å². The summed E-state index contributed by atoms with van der Waals surface area (Å²) in [6.45, 7) is 0.198. The molecule has 7 heteroatoms. The van der Waals surface area contributed by atoms with Gasteiger partial charge in [0.25, 0.3) is 0 Å². The van der Waals surface area contributed by atoms with Crippen molar-refractivity contribution in [1.82, 2.24) is 5.16 Å². The smallest absolute Gasteiger partial charge is 0.324 e. The van der Waals surface area contributed by atoms with E-state index in [2.05, 4.69) is 20.3 Å². The van der Waals surface area contributed by atoms with Crippen molar-refractivity contribution in [2.45, 2.75) is 0 Å². The second kappa shape index (κ2) is 4.28. The molecule has 1 aliphatic heterocycles. The molecule has 0 aliphatic carbocycles. The number of nitrogens with zero attached hydrogens (tertiary/aromatic N) is 1. The summed E-state index contributed by atoms with van der Waals surface area (Å²) < 4.78 is 15.0. The Labute approximate surface area is 102 Å². The first-order chi connectivity index (χ1) is 8.81. The summed E-state index contributed by atoms with van der Waals surface area (Å²) in [5, 5.41) is 8.72. The van der Waals surface area contributed by atoms with E-state index in [4.69, 9.17) is 9.47 Å². The van der Waals surface area contributed by atoms with Crippen LogP contribution in [0.5, 0.6) is 11.5 Å². The lowest BCUT2D eigenvalue weighted by Gasteiger charge is -2.05. The van der Waals surface area contributed by atoms with Gasteiger partial charge in [0.1, 0.15) is 6.26 Å². The third-order valence-electron chi connectivity index (χ3n) is 2.31. The number of carbonyl (C=O) groups is 1. The number of anilines is 2. The molecule has 2 amide bonds. The zero-order valence-electron chi connectivity index (χ0n) is 9.17. The number of hydrogen-bond donors (Lipinski definition) is 2. The molecule has 1 aliphatic rings. The Balaban J connectivity index is 1.67. The molecule has 7 nitrogen and oxygen atoms in total. The van der Waals surface area contributed by atoms with E-state index in [-0.39, 0.29) is 6.79 Å². The number of amides is 2. The molecule has 0 bridgehead atoms. The number of hydrogen-bond acceptors (Lipinski definition) is 5. The average molecular weight is 247 g/mol. The SMILES string of the molecule is O=C(Nc1ccc2c(c1)OCO2)Nc1ccon1. The maximum absolute atomic E-state index is 11.6. The van der Waals surface area contributed by atoms with Crippen LogP contribution in [0.25, 0.3) is 0 Å². The second-order valence-electron chi connectivity index (χ2n) is 3.53. The van der Waals surface area contributed by atoms with Gasteiger partial charge in [-0.05, 0) is 12.1 Å². The molecule has 2 N–H and O–H groups in total. The summed E-state index contributed by atoms with van der Waals surface area (Å²) in [5.41, 5.74) is 0.597. The minimum absolute atomic E-state index is 0.198. The van der Waals surface area contributed by atoms with Gasteiger partial charge in [0.2, 0.25) is 6.79 Å². The van der Waals surface area contributed by atoms with E-state index in [0.29, 0.717) is 23.0 Å². The third kappa shape index (κ3) is 2.05. The predicted octanol–water partition coefficient (Wildman–Crippen LogP) is 2.05. The van der Waals surface area contributed by atoms with Gasteiger partial charge in [-0.25, -0.2) is 4.79 Å². The van der Waals surface area contributed by atoms with Crippen molar-refractivity contribution >= 4 is 17.5 Å². The van der Waals surface area contributed by atoms with Gasteiger partial charge in [0.15, 0.2) is 17.3 Å². The number of benzene rings is 1. The maximum atomic E-state index is 11.6. The largest absolute Gasteiger partial charge is 0.454 e. The minimum Gasteiger partial charge on any atom is -0.454 e. The van der Waals surface area contributed by atoms with E-state index >= 15 is 0 Å². The zero-order valence-corrected chi connectivity index (χ0v) is 9.17. The normalized spacial score (nSPS) is 12.2. The molecule has 3 rings (SSSR count). The van der Waals surface area contributed by atoms with Crippen LogP contribution in [-0.2, 0) is 0 Å². The van der Waals surface area contributed by atoms with Gasteiger partial charge in [-0.2, -0.15) is 0 Å². The molecule has 0 spiro atoms. The summed E-state index contributed by atoms with van der Waals surface area (Å²) in [4.78, 5) is 11.6. The molecule has 2 heterocycles. The van der Waals surface area contributed by atoms with Crippen LogP contribution in [0.15, 0.2) is 35.1 Å². The molecule has 1 aromatic heterocycles. The molecule has 92 valence electrons. The fourth-order valence-electron chi connectivity index (χ4n) is 1.53. The summed E-state index contributed by atoms with van der Waals surface area (Å²) in [5.74, 6) is 1.61. The lowest BCUT2D eigenvalue weighted by molar-refractivity contribution is 0.174. The molecular weight excluding hydrogens is 238 g/mol. The Bertz CT molecular complexity index is 568. The number of urea groups is 1. The standard InChI is InChI=1S/C11H9N3O4/c15-11(13-10-3-4-18-14-10)12-7-1-2-8-9(5-7)17-6-16-8/h1-5H,6H2,(H2,12,13,14,15). The predicted molar refractivity (Wildman–Crippen MR) is 61.7 cm³/mol. The number of rotatable bonds is 2. The molecule has 0 atom stereocenters. The summed E-state index contributed by atoms with van der Waals surface area (Å²) >= 11 is 0. The third-order valence-corrected chi connectivity index (χ3v) is 2.31. The quantitative estimate of drug-likeness (QED) is 0.848. The first-order valence-electron chi connectivity index (χ1n) is 5.19. The van der Waals surface area contributed by atoms with Crippen molar-refractivity contribution in [3.63, 3.8) is 0 Å². The fourth-order valence-corrected chi connectivity index (χ4v) is 1.53. The van der Waals surface area contributed by atoms with E-state index in [1.165, 1.54) is 6.26 Å². The molecule has 0 fully saturated rings. The maximum Gasteiger partial charge on any atom is 0.324 e. The van der Waals surface area contributed by atoms with Crippen molar-refractivity contribution in [3.8, 4) is 11.5 Å². The highest BCUT2D eigenvalue weighted by Gasteiger charge is 2.14. The lowest BCUT2D eigenvalue weighted by Crippen LogP contribution is -2.19. The van der Waals surface area contributed by atoms with Gasteiger partial charge in [-0.15, -0.1) is 0 Å². The Morgan fingerprint density at radius 1 is 1.17 bits per heavy atom. The highest BCUT2D eigenvalue weighted by atomic mass is 16.7. The molecular formula is C11H9N3O4. The van der Waals surface area contributed by atoms with E-state index < -0.39 is 6.03 Å². The fraction of sp³-hybridized carbons (Fsp3) is 0.0909. The van der Waals surface area contributed by atoms with E-state index in [9.17, 15) is 4.79 Å². The lowest BCUT2D eigenvalue weighted by atomic mass is 10.3. The number of carbonyl (C=O) groups excluding carboxylic acids is 1. The zero-order chi connectivity index (χ0) is 12.4. The van der Waals surface area contributed by atoms with Crippen LogP contribution in [0.3, 0.4) is 0 Å². The second-order valence-corrected chi connectivity index (χ2v) is 3.53. The van der Waals surface area contributed by atoms with Crippen LogP contribution in [0.2, 0.25) is 0 Å². The summed E-state index contributed by atoms with van der Waals surface area (Å²) in [6.07, 6.45) is 1.37. The Morgan fingerprint density at radius 3 is 2.89 bits per heavy atom.